The normalized spacial score (nSPS) is 10.4. The van der Waals surface area contributed by atoms with Crippen molar-refractivity contribution >= 4 is 34.6 Å². The molecule has 0 aliphatic rings. The number of hydrogen-bond donors (Lipinski definition) is 2. The fraction of sp³-hybridized carbons (Fsp3) is 0.111. The molecule has 0 unspecified atom stereocenters. The summed E-state index contributed by atoms with van der Waals surface area (Å²) in [5.74, 6) is 0. The van der Waals surface area contributed by atoms with Gasteiger partial charge in [0.1, 0.15) is 0 Å². The van der Waals surface area contributed by atoms with E-state index in [0.717, 1.165) is 11.0 Å². The average molecular weight is 207 g/mol. The number of amides is 1. The number of carbonyl (C=O) groups is 1. The number of thiol groups is 1. The van der Waals surface area contributed by atoms with Gasteiger partial charge in [-0.15, -0.1) is 0 Å². The number of anilines is 1. The van der Waals surface area contributed by atoms with E-state index in [1.54, 1.807) is 6.33 Å². The Hall–Kier alpha value is -1.49. The van der Waals surface area contributed by atoms with E-state index < -0.39 is 0 Å². The first-order valence-electron chi connectivity index (χ1n) is 4.08. The fourth-order valence-corrected chi connectivity index (χ4v) is 1.47. The smallest absolute Gasteiger partial charge is 0.280 e. The Bertz CT molecular complexity index is 492. The van der Waals surface area contributed by atoms with E-state index >= 15 is 0 Å². The summed E-state index contributed by atoms with van der Waals surface area (Å²) in [6.45, 7) is 0. The minimum Gasteiger partial charge on any atom is -0.334 e. The molecule has 0 aliphatic carbocycles. The van der Waals surface area contributed by atoms with Gasteiger partial charge in [-0.1, -0.05) is 12.6 Å². The molecule has 2 aromatic rings. The van der Waals surface area contributed by atoms with Crippen LogP contribution in [0.1, 0.15) is 0 Å². The number of hydrogen-bond acceptors (Lipinski definition) is 2. The van der Waals surface area contributed by atoms with Crippen LogP contribution in [0, 0.1) is 0 Å². The average Bonchev–Trinajstić information content (AvgIpc) is 2.46. The number of fused-ring (bicyclic) bond motifs is 1. The van der Waals surface area contributed by atoms with Crippen molar-refractivity contribution in [1.82, 2.24) is 9.55 Å². The van der Waals surface area contributed by atoms with Crippen LogP contribution >= 0.6 is 12.6 Å². The molecule has 14 heavy (non-hydrogen) atoms. The van der Waals surface area contributed by atoms with E-state index in [-0.39, 0.29) is 5.24 Å². The molecule has 72 valence electrons. The van der Waals surface area contributed by atoms with Crippen molar-refractivity contribution in [3.8, 4) is 0 Å². The van der Waals surface area contributed by atoms with Crippen molar-refractivity contribution in [2.24, 2.45) is 7.05 Å². The molecule has 1 amide bonds. The SMILES string of the molecule is Cn1cnc2cc(NC(=O)S)ccc21. The number of carbonyl (C=O) groups excluding carboxylic acids is 1. The largest absolute Gasteiger partial charge is 0.334 e. The molecule has 0 bridgehead atoms. The van der Waals surface area contributed by atoms with Gasteiger partial charge in [-0.3, -0.25) is 4.79 Å². The van der Waals surface area contributed by atoms with E-state index in [0.29, 0.717) is 5.69 Å². The molecule has 0 atom stereocenters. The van der Waals surface area contributed by atoms with Crippen molar-refractivity contribution < 1.29 is 4.79 Å². The van der Waals surface area contributed by atoms with Gasteiger partial charge in [-0.25, -0.2) is 4.98 Å². The van der Waals surface area contributed by atoms with Crippen LogP contribution in [0.3, 0.4) is 0 Å². The number of aromatic nitrogens is 2. The Balaban J connectivity index is 2.46. The van der Waals surface area contributed by atoms with Crippen molar-refractivity contribution in [1.29, 1.82) is 0 Å². The van der Waals surface area contributed by atoms with Crippen LogP contribution in [0.5, 0.6) is 0 Å². The highest BCUT2D eigenvalue weighted by atomic mass is 32.1. The van der Waals surface area contributed by atoms with Crippen LogP contribution in [-0.2, 0) is 7.05 Å². The van der Waals surface area contributed by atoms with Crippen LogP contribution in [-0.4, -0.2) is 14.8 Å². The number of benzene rings is 1. The van der Waals surface area contributed by atoms with Crippen molar-refractivity contribution in [2.75, 3.05) is 5.32 Å². The summed E-state index contributed by atoms with van der Waals surface area (Å²) in [6, 6.07) is 5.53. The predicted molar refractivity (Wildman–Crippen MR) is 58.7 cm³/mol. The molecule has 0 radical (unpaired) electrons. The molecule has 5 heteroatoms. The van der Waals surface area contributed by atoms with E-state index in [2.05, 4.69) is 22.9 Å². The van der Waals surface area contributed by atoms with E-state index in [1.165, 1.54) is 0 Å². The van der Waals surface area contributed by atoms with Gasteiger partial charge in [0.2, 0.25) is 0 Å². The molecule has 0 aliphatic heterocycles. The summed E-state index contributed by atoms with van der Waals surface area (Å²) in [6.07, 6.45) is 1.73. The number of aryl methyl sites for hydroxylation is 1. The summed E-state index contributed by atoms with van der Waals surface area (Å²) in [5, 5.41) is 2.21. The molecular weight excluding hydrogens is 198 g/mol. The second kappa shape index (κ2) is 3.34. The van der Waals surface area contributed by atoms with Gasteiger partial charge in [0.05, 0.1) is 17.4 Å². The molecule has 2 rings (SSSR count). The lowest BCUT2D eigenvalue weighted by Gasteiger charge is -2.00. The molecule has 0 spiro atoms. The maximum atomic E-state index is 10.7. The minimum absolute atomic E-state index is 0.375. The van der Waals surface area contributed by atoms with Gasteiger partial charge in [-0.05, 0) is 18.2 Å². The molecule has 0 fully saturated rings. The van der Waals surface area contributed by atoms with Crippen LogP contribution in [0.15, 0.2) is 24.5 Å². The van der Waals surface area contributed by atoms with Crippen molar-refractivity contribution in [3.05, 3.63) is 24.5 Å². The third kappa shape index (κ3) is 1.58. The maximum absolute atomic E-state index is 10.7. The lowest BCUT2D eigenvalue weighted by molar-refractivity contribution is 0.270. The maximum Gasteiger partial charge on any atom is 0.280 e. The second-order valence-corrected chi connectivity index (χ2v) is 3.40. The minimum atomic E-state index is -0.375. The number of nitrogens with one attached hydrogen (secondary N) is 1. The first-order chi connectivity index (χ1) is 6.66. The topological polar surface area (TPSA) is 46.9 Å². The third-order valence-corrected chi connectivity index (χ3v) is 2.09. The highest BCUT2D eigenvalue weighted by molar-refractivity contribution is 7.96. The lowest BCUT2D eigenvalue weighted by atomic mass is 10.3. The van der Waals surface area contributed by atoms with Crippen LogP contribution < -0.4 is 5.32 Å². The number of imidazole rings is 1. The zero-order valence-corrected chi connectivity index (χ0v) is 8.45. The first-order valence-corrected chi connectivity index (χ1v) is 4.52. The Morgan fingerprint density at radius 1 is 1.57 bits per heavy atom. The van der Waals surface area contributed by atoms with E-state index in [4.69, 9.17) is 0 Å². The lowest BCUT2D eigenvalue weighted by Crippen LogP contribution is -2.00. The van der Waals surface area contributed by atoms with E-state index in [1.807, 2.05) is 29.8 Å². The molecule has 1 aromatic carbocycles. The van der Waals surface area contributed by atoms with Crippen LogP contribution in [0.2, 0.25) is 0 Å². The molecule has 1 aromatic heterocycles. The zero-order valence-electron chi connectivity index (χ0n) is 7.56. The molecule has 4 nitrogen and oxygen atoms in total. The van der Waals surface area contributed by atoms with Crippen LogP contribution in [0.25, 0.3) is 11.0 Å². The van der Waals surface area contributed by atoms with E-state index in [9.17, 15) is 4.79 Å². The van der Waals surface area contributed by atoms with Gasteiger partial charge >= 0.3 is 0 Å². The highest BCUT2D eigenvalue weighted by Gasteiger charge is 2.01. The standard InChI is InChI=1S/C9H9N3OS/c1-12-5-10-7-4-6(11-9(13)14)2-3-8(7)12/h2-5H,1H3,(H2,11,13,14). The molecule has 1 N–H and O–H groups in total. The summed E-state index contributed by atoms with van der Waals surface area (Å²) >= 11 is 3.63. The summed E-state index contributed by atoms with van der Waals surface area (Å²) in [4.78, 5) is 14.9. The van der Waals surface area contributed by atoms with Gasteiger partial charge in [-0.2, -0.15) is 0 Å². The number of nitrogens with zero attached hydrogens (tertiary/aromatic N) is 2. The first kappa shape index (κ1) is 9.08. The quantitative estimate of drug-likeness (QED) is 0.703. The van der Waals surface area contributed by atoms with Gasteiger partial charge in [0.15, 0.2) is 0 Å². The predicted octanol–water partition coefficient (Wildman–Crippen LogP) is 2.04. The van der Waals surface area contributed by atoms with Gasteiger partial charge < -0.3 is 9.88 Å². The van der Waals surface area contributed by atoms with Crippen molar-refractivity contribution in [2.45, 2.75) is 0 Å². The fourth-order valence-electron chi connectivity index (χ4n) is 1.34. The van der Waals surface area contributed by atoms with Crippen molar-refractivity contribution in [3.63, 3.8) is 0 Å². The molecule has 0 saturated carbocycles. The third-order valence-electron chi connectivity index (χ3n) is 1.98. The van der Waals surface area contributed by atoms with Crippen LogP contribution in [0.4, 0.5) is 10.5 Å². The second-order valence-electron chi connectivity index (χ2n) is 2.99. The monoisotopic (exact) mass is 207 g/mol. The Kier molecular flexibility index (Phi) is 2.17. The zero-order chi connectivity index (χ0) is 10.1. The molecule has 1 heterocycles. The summed E-state index contributed by atoms with van der Waals surface area (Å²) in [7, 11) is 1.92. The summed E-state index contributed by atoms with van der Waals surface area (Å²) in [5.41, 5.74) is 2.59. The molecular formula is C9H9N3OS. The van der Waals surface area contributed by atoms with Gasteiger partial charge in [0.25, 0.3) is 5.24 Å². The van der Waals surface area contributed by atoms with Gasteiger partial charge in [0, 0.05) is 12.7 Å². The molecule has 0 saturated heterocycles. The number of rotatable bonds is 1. The Morgan fingerprint density at radius 2 is 2.36 bits per heavy atom. The Morgan fingerprint density at radius 3 is 3.07 bits per heavy atom. The Labute approximate surface area is 86.3 Å². The highest BCUT2D eigenvalue weighted by Crippen LogP contribution is 2.17. The summed E-state index contributed by atoms with van der Waals surface area (Å²) < 4.78 is 1.92.